The molecule has 1 aliphatic rings. The number of anilines is 2. The van der Waals surface area contributed by atoms with Crippen molar-refractivity contribution < 1.29 is 9.53 Å². The van der Waals surface area contributed by atoms with E-state index in [0.717, 1.165) is 36.5 Å². The van der Waals surface area contributed by atoms with Gasteiger partial charge in [0, 0.05) is 24.3 Å². The molecule has 3 aromatic rings. The molecule has 4 rings (SSSR count). The monoisotopic (exact) mass is 394 g/mol. The van der Waals surface area contributed by atoms with E-state index in [2.05, 4.69) is 25.3 Å². The predicted octanol–water partition coefficient (Wildman–Crippen LogP) is 2.99. The second-order valence-electron chi connectivity index (χ2n) is 7.32. The fourth-order valence-electron chi connectivity index (χ4n) is 3.86. The van der Waals surface area contributed by atoms with Crippen LogP contribution in [0.1, 0.15) is 31.0 Å². The molecule has 1 saturated heterocycles. The molecule has 1 aliphatic heterocycles. The van der Waals surface area contributed by atoms with Gasteiger partial charge in [-0.3, -0.25) is 4.79 Å². The third-order valence-electron chi connectivity index (χ3n) is 5.41. The van der Waals surface area contributed by atoms with Crippen molar-refractivity contribution in [3.63, 3.8) is 0 Å². The van der Waals surface area contributed by atoms with Crippen LogP contribution in [-0.4, -0.2) is 45.2 Å². The number of nitrogens with one attached hydrogen (secondary N) is 1. The summed E-state index contributed by atoms with van der Waals surface area (Å²) in [5.74, 6) is 2.14. The molecule has 29 heavy (non-hydrogen) atoms. The van der Waals surface area contributed by atoms with Crippen LogP contribution in [0.2, 0.25) is 0 Å². The van der Waals surface area contributed by atoms with Crippen LogP contribution in [0.15, 0.2) is 30.6 Å². The van der Waals surface area contributed by atoms with E-state index in [9.17, 15) is 4.79 Å². The minimum atomic E-state index is -0.120. The average Bonchev–Trinajstić information content (AvgIpc) is 3.18. The number of amides is 1. The lowest BCUT2D eigenvalue weighted by Crippen LogP contribution is -2.42. The molecular weight excluding hydrogens is 368 g/mol. The summed E-state index contributed by atoms with van der Waals surface area (Å²) >= 11 is 0. The van der Waals surface area contributed by atoms with Gasteiger partial charge in [-0.15, -0.1) is 0 Å². The highest BCUT2D eigenvalue weighted by atomic mass is 16.5. The van der Waals surface area contributed by atoms with Crippen LogP contribution in [0.3, 0.4) is 0 Å². The molecule has 1 aromatic carbocycles. The van der Waals surface area contributed by atoms with E-state index in [1.807, 2.05) is 45.0 Å². The normalized spacial score (nSPS) is 16.8. The number of aromatic nitrogens is 4. The third kappa shape index (κ3) is 3.74. The van der Waals surface area contributed by atoms with Crippen molar-refractivity contribution in [2.75, 3.05) is 29.9 Å². The summed E-state index contributed by atoms with van der Waals surface area (Å²) in [4.78, 5) is 24.0. The first-order valence-electron chi connectivity index (χ1n) is 10.0. The van der Waals surface area contributed by atoms with Crippen molar-refractivity contribution in [2.45, 2.75) is 33.6 Å². The van der Waals surface area contributed by atoms with Gasteiger partial charge < -0.3 is 15.0 Å². The standard InChI is InChI=1S/C21H26N6O2/c1-4-29-18-10-6-5-9-17(18)25-19(28)16-8-7-11-26(12-16)20-14(2)15(3)24-21-22-13-23-27(20)21/h5-6,9-10,13,16H,4,7-8,11-12H2,1-3H3,(H,25,28)/t16-/m0/s1. The van der Waals surface area contributed by atoms with E-state index in [4.69, 9.17) is 4.74 Å². The molecule has 152 valence electrons. The fourth-order valence-corrected chi connectivity index (χ4v) is 3.86. The Labute approximate surface area is 169 Å². The van der Waals surface area contributed by atoms with E-state index in [-0.39, 0.29) is 11.8 Å². The number of benzene rings is 1. The topological polar surface area (TPSA) is 84.6 Å². The third-order valence-corrected chi connectivity index (χ3v) is 5.41. The molecule has 1 N–H and O–H groups in total. The zero-order valence-electron chi connectivity index (χ0n) is 17.1. The van der Waals surface area contributed by atoms with Crippen molar-refractivity contribution in [1.82, 2.24) is 19.6 Å². The van der Waals surface area contributed by atoms with Gasteiger partial charge in [-0.25, -0.2) is 4.98 Å². The number of hydrogen-bond donors (Lipinski definition) is 1. The maximum absolute atomic E-state index is 13.0. The van der Waals surface area contributed by atoms with Crippen LogP contribution in [0.5, 0.6) is 5.75 Å². The van der Waals surface area contributed by atoms with Crippen molar-refractivity contribution in [2.24, 2.45) is 5.92 Å². The number of piperidine rings is 1. The molecule has 0 radical (unpaired) electrons. The first-order chi connectivity index (χ1) is 14.1. The summed E-state index contributed by atoms with van der Waals surface area (Å²) in [5, 5.41) is 7.41. The molecule has 1 fully saturated rings. The van der Waals surface area contributed by atoms with Crippen LogP contribution in [0, 0.1) is 19.8 Å². The zero-order chi connectivity index (χ0) is 20.4. The molecule has 0 saturated carbocycles. The first-order valence-corrected chi connectivity index (χ1v) is 10.0. The Morgan fingerprint density at radius 1 is 1.31 bits per heavy atom. The average molecular weight is 394 g/mol. The second kappa shape index (κ2) is 8.06. The lowest BCUT2D eigenvalue weighted by atomic mass is 9.96. The molecule has 1 atom stereocenters. The Morgan fingerprint density at radius 2 is 2.14 bits per heavy atom. The molecule has 2 aromatic heterocycles. The number of nitrogens with zero attached hydrogens (tertiary/aromatic N) is 5. The maximum Gasteiger partial charge on any atom is 0.254 e. The van der Waals surface area contributed by atoms with Crippen LogP contribution in [0.4, 0.5) is 11.5 Å². The van der Waals surface area contributed by atoms with Gasteiger partial charge in [-0.1, -0.05) is 12.1 Å². The number of carbonyl (C=O) groups is 1. The number of aryl methyl sites for hydroxylation is 1. The SMILES string of the molecule is CCOc1ccccc1NC(=O)[C@H]1CCCN(c2c(C)c(C)nc3ncnn23)C1. The minimum absolute atomic E-state index is 0.0140. The van der Waals surface area contributed by atoms with Gasteiger partial charge in [0.2, 0.25) is 5.91 Å². The van der Waals surface area contributed by atoms with E-state index >= 15 is 0 Å². The summed E-state index contributed by atoms with van der Waals surface area (Å²) in [7, 11) is 0. The largest absolute Gasteiger partial charge is 0.492 e. The van der Waals surface area contributed by atoms with Crippen molar-refractivity contribution in [3.8, 4) is 5.75 Å². The van der Waals surface area contributed by atoms with Gasteiger partial charge in [0.15, 0.2) is 0 Å². The van der Waals surface area contributed by atoms with Gasteiger partial charge in [-0.2, -0.15) is 14.6 Å². The maximum atomic E-state index is 13.0. The molecule has 0 aliphatic carbocycles. The zero-order valence-corrected chi connectivity index (χ0v) is 17.1. The molecule has 0 bridgehead atoms. The molecular formula is C21H26N6O2. The van der Waals surface area contributed by atoms with Crippen molar-refractivity contribution >= 4 is 23.2 Å². The Bertz CT molecular complexity index is 1030. The van der Waals surface area contributed by atoms with E-state index < -0.39 is 0 Å². The summed E-state index contributed by atoms with van der Waals surface area (Å²) in [6, 6.07) is 7.55. The van der Waals surface area contributed by atoms with E-state index in [1.54, 1.807) is 4.52 Å². The summed E-state index contributed by atoms with van der Waals surface area (Å²) in [6.07, 6.45) is 3.30. The van der Waals surface area contributed by atoms with Gasteiger partial charge in [-0.05, 0) is 45.7 Å². The smallest absolute Gasteiger partial charge is 0.254 e. The van der Waals surface area contributed by atoms with Gasteiger partial charge >= 0.3 is 0 Å². The van der Waals surface area contributed by atoms with E-state index in [1.165, 1.54) is 6.33 Å². The number of rotatable bonds is 5. The van der Waals surface area contributed by atoms with E-state index in [0.29, 0.717) is 30.4 Å². The van der Waals surface area contributed by atoms with Crippen LogP contribution >= 0.6 is 0 Å². The lowest BCUT2D eigenvalue weighted by molar-refractivity contribution is -0.120. The molecule has 8 heteroatoms. The van der Waals surface area contributed by atoms with Gasteiger partial charge in [0.25, 0.3) is 5.78 Å². The highest BCUT2D eigenvalue weighted by Gasteiger charge is 2.29. The van der Waals surface area contributed by atoms with Crippen LogP contribution in [0.25, 0.3) is 5.78 Å². The second-order valence-corrected chi connectivity index (χ2v) is 7.32. The summed E-state index contributed by atoms with van der Waals surface area (Å²) in [5.41, 5.74) is 2.70. The molecule has 0 unspecified atom stereocenters. The molecule has 1 amide bonds. The number of carbonyl (C=O) groups excluding carboxylic acids is 1. The fraction of sp³-hybridized carbons (Fsp3) is 0.429. The Morgan fingerprint density at radius 3 is 2.97 bits per heavy atom. The Kier molecular flexibility index (Phi) is 5.33. The highest BCUT2D eigenvalue weighted by Crippen LogP contribution is 2.29. The Hall–Kier alpha value is -3.16. The number of para-hydroxylation sites is 2. The van der Waals surface area contributed by atoms with Crippen molar-refractivity contribution in [3.05, 3.63) is 41.9 Å². The van der Waals surface area contributed by atoms with Gasteiger partial charge in [0.1, 0.15) is 17.9 Å². The highest BCUT2D eigenvalue weighted by molar-refractivity contribution is 5.94. The predicted molar refractivity (Wildman–Crippen MR) is 111 cm³/mol. The molecule has 8 nitrogen and oxygen atoms in total. The summed E-state index contributed by atoms with van der Waals surface area (Å²) in [6.45, 7) is 8.01. The number of ether oxygens (including phenoxy) is 1. The number of fused-ring (bicyclic) bond motifs is 1. The van der Waals surface area contributed by atoms with Gasteiger partial charge in [0.05, 0.1) is 18.2 Å². The Balaban J connectivity index is 1.56. The quantitative estimate of drug-likeness (QED) is 0.716. The number of hydrogen-bond acceptors (Lipinski definition) is 6. The first kappa shape index (κ1) is 19.2. The van der Waals surface area contributed by atoms with Crippen molar-refractivity contribution in [1.29, 1.82) is 0 Å². The minimum Gasteiger partial charge on any atom is -0.492 e. The molecule has 0 spiro atoms. The lowest BCUT2D eigenvalue weighted by Gasteiger charge is -2.34. The van der Waals surface area contributed by atoms with Crippen LogP contribution < -0.4 is 15.0 Å². The molecule has 3 heterocycles. The summed E-state index contributed by atoms with van der Waals surface area (Å²) < 4.78 is 7.40. The van der Waals surface area contributed by atoms with Crippen LogP contribution in [-0.2, 0) is 4.79 Å².